The van der Waals surface area contributed by atoms with Crippen molar-refractivity contribution in [2.75, 3.05) is 51.3 Å². The number of nitrogens with zero attached hydrogens (tertiary/aromatic N) is 3. The van der Waals surface area contributed by atoms with Crippen LogP contribution in [-0.4, -0.2) is 86.1 Å². The Bertz CT molecular complexity index is 1090. The summed E-state index contributed by atoms with van der Waals surface area (Å²) in [6.07, 6.45) is 6.99. The predicted octanol–water partition coefficient (Wildman–Crippen LogP) is 3.03. The summed E-state index contributed by atoms with van der Waals surface area (Å²) in [5.74, 6) is -0.338. The number of nitrogens with one attached hydrogen (secondary N) is 1. The Kier molecular flexibility index (Phi) is 9.37. The number of aldehydes is 1. The Hall–Kier alpha value is -3.27. The van der Waals surface area contributed by atoms with Gasteiger partial charge in [0.15, 0.2) is 0 Å². The number of likely N-dealkylation sites (tertiary alicyclic amines) is 2. The highest BCUT2D eigenvalue weighted by molar-refractivity contribution is 6.07. The summed E-state index contributed by atoms with van der Waals surface area (Å²) in [4.78, 5) is 66.2. The summed E-state index contributed by atoms with van der Waals surface area (Å²) < 4.78 is 5.43. The molecule has 10 nitrogen and oxygen atoms in total. The van der Waals surface area contributed by atoms with Gasteiger partial charge in [0.05, 0.1) is 18.7 Å². The van der Waals surface area contributed by atoms with Crippen molar-refractivity contribution in [2.45, 2.75) is 58.3 Å². The number of carbonyl (C=O) groups is 5. The number of Topliss-reactive ketones (excluding diaryl/α,β-unsaturated/α-hetero) is 1. The molecule has 1 N–H and O–H groups in total. The van der Waals surface area contributed by atoms with E-state index in [-0.39, 0.29) is 36.0 Å². The van der Waals surface area contributed by atoms with E-state index < -0.39 is 11.9 Å². The summed E-state index contributed by atoms with van der Waals surface area (Å²) >= 11 is 0. The number of anilines is 1. The van der Waals surface area contributed by atoms with E-state index in [1.54, 1.807) is 25.1 Å². The van der Waals surface area contributed by atoms with Crippen LogP contribution in [0.15, 0.2) is 18.2 Å². The van der Waals surface area contributed by atoms with Crippen molar-refractivity contribution in [3.8, 4) is 5.75 Å². The highest BCUT2D eigenvalue weighted by Gasteiger charge is 2.39. The molecule has 1 aromatic rings. The van der Waals surface area contributed by atoms with Gasteiger partial charge in [0, 0.05) is 38.0 Å². The van der Waals surface area contributed by atoms with Crippen molar-refractivity contribution in [1.29, 1.82) is 0 Å². The quantitative estimate of drug-likeness (QED) is 0.358. The molecule has 212 valence electrons. The SMILES string of the molecule is CCC(=O)C(C=O)CCCN1CCC2(CC1)CCN(C(=O)c1ccc(OC)c(N3CCC(=O)NC3=O)c1)CC2. The molecule has 0 aliphatic carbocycles. The van der Waals surface area contributed by atoms with Crippen molar-refractivity contribution in [3.05, 3.63) is 23.8 Å². The molecule has 3 aliphatic heterocycles. The van der Waals surface area contributed by atoms with Crippen molar-refractivity contribution in [1.82, 2.24) is 15.1 Å². The fourth-order valence-corrected chi connectivity index (χ4v) is 6.05. The molecule has 1 atom stereocenters. The van der Waals surface area contributed by atoms with Gasteiger partial charge in [0.25, 0.3) is 5.91 Å². The van der Waals surface area contributed by atoms with Gasteiger partial charge < -0.3 is 19.3 Å². The Balaban J connectivity index is 1.29. The van der Waals surface area contributed by atoms with Crippen molar-refractivity contribution < 1.29 is 28.7 Å². The second kappa shape index (κ2) is 12.7. The van der Waals surface area contributed by atoms with Crippen LogP contribution in [0.4, 0.5) is 10.5 Å². The maximum Gasteiger partial charge on any atom is 0.328 e. The van der Waals surface area contributed by atoms with Gasteiger partial charge in [0.2, 0.25) is 5.91 Å². The van der Waals surface area contributed by atoms with E-state index in [4.69, 9.17) is 4.74 Å². The van der Waals surface area contributed by atoms with Crippen LogP contribution >= 0.6 is 0 Å². The topological polar surface area (TPSA) is 116 Å². The monoisotopic (exact) mass is 540 g/mol. The predicted molar refractivity (Wildman–Crippen MR) is 146 cm³/mol. The molecule has 3 fully saturated rings. The van der Waals surface area contributed by atoms with Gasteiger partial charge in [-0.05, 0) is 81.8 Å². The molecule has 4 rings (SSSR count). The molecule has 1 spiro atoms. The lowest BCUT2D eigenvalue weighted by atomic mass is 9.71. The number of methoxy groups -OCH3 is 1. The Morgan fingerprint density at radius 3 is 2.38 bits per heavy atom. The number of benzene rings is 1. The number of urea groups is 1. The maximum atomic E-state index is 13.4. The standard InChI is InChI=1S/C29H40N4O6/c1-3-24(35)22(20-34)5-4-13-31-15-9-29(10-16-31)11-17-32(18-12-29)27(37)21-6-7-25(39-2)23(19-21)33-14-8-26(36)30-28(33)38/h6-7,19-20,22H,3-5,8-18H2,1-2H3,(H,30,36,38). The van der Waals surface area contributed by atoms with Crippen LogP contribution < -0.4 is 15.0 Å². The first-order chi connectivity index (χ1) is 18.8. The number of carbonyl (C=O) groups excluding carboxylic acids is 5. The second-order valence-electron chi connectivity index (χ2n) is 11.0. The molecule has 10 heteroatoms. The summed E-state index contributed by atoms with van der Waals surface area (Å²) in [5, 5.41) is 2.32. The summed E-state index contributed by atoms with van der Waals surface area (Å²) in [6.45, 7) is 6.34. The Morgan fingerprint density at radius 1 is 1.08 bits per heavy atom. The Morgan fingerprint density at radius 2 is 1.77 bits per heavy atom. The van der Waals surface area contributed by atoms with E-state index in [0.29, 0.717) is 42.9 Å². The van der Waals surface area contributed by atoms with Crippen LogP contribution in [0, 0.1) is 11.3 Å². The number of hydrogen-bond acceptors (Lipinski definition) is 7. The molecule has 3 saturated heterocycles. The van der Waals surface area contributed by atoms with E-state index in [2.05, 4.69) is 10.2 Å². The van der Waals surface area contributed by atoms with Crippen LogP contribution in [0.2, 0.25) is 0 Å². The average molecular weight is 541 g/mol. The minimum absolute atomic E-state index is 0.0308. The zero-order chi connectivity index (χ0) is 28.0. The number of amides is 4. The third-order valence-corrected chi connectivity index (χ3v) is 8.71. The number of ketones is 1. The van der Waals surface area contributed by atoms with Crippen molar-refractivity contribution >= 4 is 35.6 Å². The molecule has 0 radical (unpaired) electrons. The molecule has 1 aromatic carbocycles. The van der Waals surface area contributed by atoms with E-state index in [0.717, 1.165) is 58.0 Å². The smallest absolute Gasteiger partial charge is 0.328 e. The molecule has 39 heavy (non-hydrogen) atoms. The minimum Gasteiger partial charge on any atom is -0.495 e. The lowest BCUT2D eigenvalue weighted by Gasteiger charge is -2.47. The zero-order valence-corrected chi connectivity index (χ0v) is 23.1. The maximum absolute atomic E-state index is 13.4. The van der Waals surface area contributed by atoms with Crippen molar-refractivity contribution in [3.63, 3.8) is 0 Å². The van der Waals surface area contributed by atoms with Gasteiger partial charge in [-0.1, -0.05) is 6.92 Å². The van der Waals surface area contributed by atoms with Gasteiger partial charge in [-0.2, -0.15) is 0 Å². The number of ether oxygens (including phenoxy) is 1. The van der Waals surface area contributed by atoms with Gasteiger partial charge in [-0.15, -0.1) is 0 Å². The zero-order valence-electron chi connectivity index (χ0n) is 23.1. The summed E-state index contributed by atoms with van der Waals surface area (Å²) in [7, 11) is 1.51. The number of piperidine rings is 2. The van der Waals surface area contributed by atoms with Gasteiger partial charge >= 0.3 is 6.03 Å². The highest BCUT2D eigenvalue weighted by atomic mass is 16.5. The van der Waals surface area contributed by atoms with E-state index in [1.807, 2.05) is 4.90 Å². The fraction of sp³-hybridized carbons (Fsp3) is 0.621. The first kappa shape index (κ1) is 28.7. The fourth-order valence-electron chi connectivity index (χ4n) is 6.05. The molecule has 1 unspecified atom stereocenters. The Labute approximate surface area is 230 Å². The molecule has 0 aromatic heterocycles. The summed E-state index contributed by atoms with van der Waals surface area (Å²) in [5.41, 5.74) is 1.23. The molecule has 3 aliphatic rings. The molecular weight excluding hydrogens is 500 g/mol. The van der Waals surface area contributed by atoms with Crippen LogP contribution in [-0.2, 0) is 14.4 Å². The molecule has 0 saturated carbocycles. The van der Waals surface area contributed by atoms with E-state index >= 15 is 0 Å². The van der Waals surface area contributed by atoms with Crippen molar-refractivity contribution in [2.24, 2.45) is 11.3 Å². The number of hydrogen-bond donors (Lipinski definition) is 1. The van der Waals surface area contributed by atoms with Crippen LogP contribution in [0.3, 0.4) is 0 Å². The lowest BCUT2D eigenvalue weighted by Crippen LogP contribution is -2.50. The normalized spacial score (nSPS) is 20.5. The number of rotatable bonds is 10. The minimum atomic E-state index is -0.515. The van der Waals surface area contributed by atoms with E-state index in [1.165, 1.54) is 12.0 Å². The molecule has 3 heterocycles. The summed E-state index contributed by atoms with van der Waals surface area (Å²) in [6, 6.07) is 4.59. The van der Waals surface area contributed by atoms with Gasteiger partial charge in [-0.25, -0.2) is 4.79 Å². The van der Waals surface area contributed by atoms with E-state index in [9.17, 15) is 24.0 Å². The van der Waals surface area contributed by atoms with Gasteiger partial charge in [-0.3, -0.25) is 24.6 Å². The molecule has 0 bridgehead atoms. The van der Waals surface area contributed by atoms with Crippen LogP contribution in [0.25, 0.3) is 0 Å². The lowest BCUT2D eigenvalue weighted by molar-refractivity contribution is -0.127. The third kappa shape index (κ3) is 6.66. The van der Waals surface area contributed by atoms with Crippen LogP contribution in [0.1, 0.15) is 68.6 Å². The molecule has 4 amide bonds. The first-order valence-electron chi connectivity index (χ1n) is 14.1. The highest BCUT2D eigenvalue weighted by Crippen LogP contribution is 2.42. The first-order valence-corrected chi connectivity index (χ1v) is 14.1. The third-order valence-electron chi connectivity index (χ3n) is 8.71. The van der Waals surface area contributed by atoms with Crippen LogP contribution in [0.5, 0.6) is 5.75 Å². The largest absolute Gasteiger partial charge is 0.495 e. The number of imide groups is 1. The molecular formula is C29H40N4O6. The second-order valence-corrected chi connectivity index (χ2v) is 11.0. The average Bonchev–Trinajstić information content (AvgIpc) is 2.96. The van der Waals surface area contributed by atoms with Gasteiger partial charge in [0.1, 0.15) is 17.8 Å².